The fraction of sp³-hybridized carbons (Fsp3) is 0.111. The number of fused-ring (bicyclic) bond motifs is 1. The maximum Gasteiger partial charge on any atom is 0.258 e. The van der Waals surface area contributed by atoms with Crippen molar-refractivity contribution in [1.29, 1.82) is 0 Å². The molecule has 0 radical (unpaired) electrons. The molecule has 0 unspecified atom stereocenters. The molecule has 33 heavy (non-hydrogen) atoms. The summed E-state index contributed by atoms with van der Waals surface area (Å²) >= 11 is 0. The van der Waals surface area contributed by atoms with Crippen molar-refractivity contribution in [2.75, 3.05) is 11.9 Å². The molecule has 0 saturated carbocycles. The molecule has 164 valence electrons. The van der Waals surface area contributed by atoms with Gasteiger partial charge in [0.1, 0.15) is 17.3 Å². The Bertz CT molecular complexity index is 1310. The molecule has 5 nitrogen and oxygen atoms in total. The Morgan fingerprint density at radius 1 is 0.909 bits per heavy atom. The largest absolute Gasteiger partial charge is 0.461 e. The predicted molar refractivity (Wildman–Crippen MR) is 123 cm³/mol. The molecule has 1 aromatic heterocycles. The molecule has 2 amide bonds. The Balaban J connectivity index is 1.29. The van der Waals surface area contributed by atoms with Gasteiger partial charge in [0.25, 0.3) is 11.8 Å². The minimum Gasteiger partial charge on any atom is -0.461 e. The Morgan fingerprint density at radius 2 is 1.64 bits per heavy atom. The number of amides is 2. The lowest BCUT2D eigenvalue weighted by atomic mass is 10.1. The first-order valence-electron chi connectivity index (χ1n) is 10.7. The molecule has 4 aromatic rings. The number of anilines is 1. The van der Waals surface area contributed by atoms with Crippen LogP contribution in [-0.2, 0) is 13.0 Å². The van der Waals surface area contributed by atoms with Gasteiger partial charge in [0.15, 0.2) is 0 Å². The monoisotopic (exact) mass is 440 g/mol. The lowest BCUT2D eigenvalue weighted by Gasteiger charge is -2.26. The van der Waals surface area contributed by atoms with Crippen LogP contribution in [0.1, 0.15) is 32.0 Å². The van der Waals surface area contributed by atoms with E-state index in [4.69, 9.17) is 4.42 Å². The zero-order chi connectivity index (χ0) is 22.8. The molecule has 1 aliphatic heterocycles. The van der Waals surface area contributed by atoms with E-state index >= 15 is 0 Å². The van der Waals surface area contributed by atoms with Crippen molar-refractivity contribution in [1.82, 2.24) is 4.90 Å². The normalized spacial score (nSPS) is 12.8. The number of nitrogens with zero attached hydrogens (tertiary/aromatic N) is 1. The van der Waals surface area contributed by atoms with Crippen LogP contribution in [0.25, 0.3) is 11.3 Å². The number of furan rings is 1. The quantitative estimate of drug-likeness (QED) is 0.453. The van der Waals surface area contributed by atoms with Gasteiger partial charge in [-0.1, -0.05) is 30.3 Å². The molecule has 1 aliphatic rings. The SMILES string of the molecule is O=C(Nc1ccc(-c2cc3c(o2)CCN(C(=O)c2ccccc2)C3)cc1)c1ccccc1F. The van der Waals surface area contributed by atoms with Crippen molar-refractivity contribution in [2.24, 2.45) is 0 Å². The molecule has 0 saturated heterocycles. The number of carbonyl (C=O) groups excluding carboxylic acids is 2. The summed E-state index contributed by atoms with van der Waals surface area (Å²) in [6.07, 6.45) is 0.657. The van der Waals surface area contributed by atoms with Crippen LogP contribution in [0.15, 0.2) is 89.3 Å². The number of nitrogens with one attached hydrogen (secondary N) is 1. The van der Waals surface area contributed by atoms with Crippen molar-refractivity contribution in [3.05, 3.63) is 113 Å². The first kappa shape index (κ1) is 20.7. The predicted octanol–water partition coefficient (Wildman–Crippen LogP) is 5.54. The van der Waals surface area contributed by atoms with Gasteiger partial charge in [-0.15, -0.1) is 0 Å². The molecule has 5 rings (SSSR count). The summed E-state index contributed by atoms with van der Waals surface area (Å²) in [5.41, 5.74) is 3.09. The van der Waals surface area contributed by atoms with Gasteiger partial charge in [0.2, 0.25) is 0 Å². The van der Waals surface area contributed by atoms with Crippen LogP contribution in [0.2, 0.25) is 0 Å². The third-order valence-corrected chi connectivity index (χ3v) is 5.72. The van der Waals surface area contributed by atoms with E-state index in [0.29, 0.717) is 36.5 Å². The fourth-order valence-electron chi connectivity index (χ4n) is 3.97. The van der Waals surface area contributed by atoms with Gasteiger partial charge in [-0.2, -0.15) is 0 Å². The number of benzene rings is 3. The first-order valence-corrected chi connectivity index (χ1v) is 10.7. The van der Waals surface area contributed by atoms with Gasteiger partial charge in [-0.25, -0.2) is 4.39 Å². The lowest BCUT2D eigenvalue weighted by molar-refractivity contribution is 0.0730. The summed E-state index contributed by atoms with van der Waals surface area (Å²) < 4.78 is 19.9. The molecule has 2 heterocycles. The second kappa shape index (κ2) is 8.74. The number of carbonyl (C=O) groups is 2. The van der Waals surface area contributed by atoms with Crippen molar-refractivity contribution in [3.8, 4) is 11.3 Å². The number of hydrogen-bond acceptors (Lipinski definition) is 3. The van der Waals surface area contributed by atoms with Crippen LogP contribution in [0, 0.1) is 5.82 Å². The molecule has 6 heteroatoms. The van der Waals surface area contributed by atoms with E-state index in [9.17, 15) is 14.0 Å². The average molecular weight is 440 g/mol. The van der Waals surface area contributed by atoms with E-state index in [2.05, 4.69) is 5.32 Å². The zero-order valence-corrected chi connectivity index (χ0v) is 17.8. The van der Waals surface area contributed by atoms with Gasteiger partial charge < -0.3 is 14.6 Å². The Kier molecular flexibility index (Phi) is 5.48. The summed E-state index contributed by atoms with van der Waals surface area (Å²) in [4.78, 5) is 26.9. The third kappa shape index (κ3) is 4.28. The number of rotatable bonds is 4. The number of hydrogen-bond donors (Lipinski definition) is 1. The van der Waals surface area contributed by atoms with Crippen LogP contribution < -0.4 is 5.32 Å². The Labute approximate surface area is 190 Å². The first-order chi connectivity index (χ1) is 16.1. The second-order valence-corrected chi connectivity index (χ2v) is 7.91. The molecular weight excluding hydrogens is 419 g/mol. The van der Waals surface area contributed by atoms with Gasteiger partial charge in [-0.3, -0.25) is 9.59 Å². The van der Waals surface area contributed by atoms with Crippen LogP contribution >= 0.6 is 0 Å². The van der Waals surface area contributed by atoms with E-state index < -0.39 is 11.7 Å². The van der Waals surface area contributed by atoms with E-state index in [1.165, 1.54) is 12.1 Å². The Hall–Kier alpha value is -4.19. The highest BCUT2D eigenvalue weighted by Crippen LogP contribution is 2.31. The molecule has 3 aromatic carbocycles. The van der Waals surface area contributed by atoms with Crippen molar-refractivity contribution in [3.63, 3.8) is 0 Å². The molecule has 0 bridgehead atoms. The average Bonchev–Trinajstić information content (AvgIpc) is 3.28. The van der Waals surface area contributed by atoms with E-state index in [-0.39, 0.29) is 11.5 Å². The van der Waals surface area contributed by atoms with E-state index in [1.54, 1.807) is 24.3 Å². The molecule has 0 fully saturated rings. The lowest BCUT2D eigenvalue weighted by Crippen LogP contribution is -2.35. The van der Waals surface area contributed by atoms with Crippen molar-refractivity contribution >= 4 is 17.5 Å². The highest BCUT2D eigenvalue weighted by molar-refractivity contribution is 6.04. The highest BCUT2D eigenvalue weighted by atomic mass is 19.1. The van der Waals surface area contributed by atoms with Gasteiger partial charge >= 0.3 is 0 Å². The van der Waals surface area contributed by atoms with Gasteiger partial charge in [0.05, 0.1) is 5.56 Å². The van der Waals surface area contributed by atoms with Crippen molar-refractivity contribution < 1.29 is 18.4 Å². The maximum atomic E-state index is 13.8. The van der Waals surface area contributed by atoms with Crippen LogP contribution in [0.4, 0.5) is 10.1 Å². The molecule has 1 N–H and O–H groups in total. The molecule has 0 atom stereocenters. The van der Waals surface area contributed by atoms with E-state index in [1.807, 2.05) is 53.4 Å². The smallest absolute Gasteiger partial charge is 0.258 e. The third-order valence-electron chi connectivity index (χ3n) is 5.72. The minimum absolute atomic E-state index is 0.00473. The minimum atomic E-state index is -0.562. The van der Waals surface area contributed by atoms with Crippen LogP contribution in [0.3, 0.4) is 0 Å². The van der Waals surface area contributed by atoms with Gasteiger partial charge in [0, 0.05) is 41.9 Å². The van der Waals surface area contributed by atoms with E-state index in [0.717, 1.165) is 16.9 Å². The summed E-state index contributed by atoms with van der Waals surface area (Å²) in [6, 6.07) is 24.3. The molecular formula is C27H21FN2O3. The summed E-state index contributed by atoms with van der Waals surface area (Å²) in [7, 11) is 0. The second-order valence-electron chi connectivity index (χ2n) is 7.91. The molecule has 0 aliphatic carbocycles. The topological polar surface area (TPSA) is 62.6 Å². The zero-order valence-electron chi connectivity index (χ0n) is 17.8. The summed E-state index contributed by atoms with van der Waals surface area (Å²) in [5.74, 6) is 0.545. The van der Waals surface area contributed by atoms with Crippen molar-refractivity contribution in [2.45, 2.75) is 13.0 Å². The summed E-state index contributed by atoms with van der Waals surface area (Å²) in [5, 5.41) is 2.71. The van der Waals surface area contributed by atoms with Gasteiger partial charge in [-0.05, 0) is 54.6 Å². The highest BCUT2D eigenvalue weighted by Gasteiger charge is 2.25. The van der Waals surface area contributed by atoms with Crippen LogP contribution in [-0.4, -0.2) is 23.3 Å². The van der Waals surface area contributed by atoms with Crippen LogP contribution in [0.5, 0.6) is 0 Å². The fourth-order valence-corrected chi connectivity index (χ4v) is 3.97. The standard InChI is InChI=1S/C27H21FN2O3/c28-23-9-5-4-8-22(23)26(31)29-21-12-10-18(11-13-21)25-16-20-17-30(15-14-24(20)33-25)27(32)19-6-2-1-3-7-19/h1-13,16H,14-15,17H2,(H,29,31). The Morgan fingerprint density at radius 3 is 2.39 bits per heavy atom. The molecule has 0 spiro atoms. The number of halogens is 1. The summed E-state index contributed by atoms with van der Waals surface area (Å²) in [6.45, 7) is 1.11. The maximum absolute atomic E-state index is 13.8.